The van der Waals surface area contributed by atoms with Crippen molar-refractivity contribution in [3.05, 3.63) is 66.5 Å². The first kappa shape index (κ1) is 14.5. The van der Waals surface area contributed by atoms with Crippen LogP contribution in [0.15, 0.2) is 60.9 Å². The zero-order valence-corrected chi connectivity index (χ0v) is 13.6. The van der Waals surface area contributed by atoms with E-state index in [1.807, 2.05) is 22.9 Å². The quantitative estimate of drug-likeness (QED) is 0.657. The standard InChI is InChI=1S/C19H22N3/c1-15-10-12-17(13-11-15)21-14-22(19(2,3)4)20-18(21)16-8-6-5-7-9-16/h5-14H,1-4H3/q+1. The minimum Gasteiger partial charge on any atom is -0.196 e. The average molecular weight is 292 g/mol. The molecule has 0 saturated heterocycles. The maximum absolute atomic E-state index is 4.83. The lowest BCUT2D eigenvalue weighted by molar-refractivity contribution is -0.585. The third kappa shape index (κ3) is 2.80. The lowest BCUT2D eigenvalue weighted by atomic mass is 10.1. The van der Waals surface area contributed by atoms with E-state index >= 15 is 0 Å². The van der Waals surface area contributed by atoms with Gasteiger partial charge in [-0.3, -0.25) is 0 Å². The smallest absolute Gasteiger partial charge is 0.196 e. The summed E-state index contributed by atoms with van der Waals surface area (Å²) < 4.78 is 4.18. The maximum Gasteiger partial charge on any atom is 0.313 e. The molecule has 0 amide bonds. The topological polar surface area (TPSA) is 21.7 Å². The van der Waals surface area contributed by atoms with Gasteiger partial charge in [0.15, 0.2) is 0 Å². The highest BCUT2D eigenvalue weighted by Crippen LogP contribution is 2.18. The molecule has 1 heterocycles. The fraction of sp³-hybridized carbons (Fsp3) is 0.263. The Bertz CT molecular complexity index is 763. The highest BCUT2D eigenvalue weighted by atomic mass is 15.4. The predicted molar refractivity (Wildman–Crippen MR) is 88.9 cm³/mol. The number of aromatic nitrogens is 3. The van der Waals surface area contributed by atoms with Crippen LogP contribution >= 0.6 is 0 Å². The second kappa shape index (κ2) is 5.41. The molecular weight excluding hydrogens is 270 g/mol. The van der Waals surface area contributed by atoms with E-state index in [1.165, 1.54) is 5.56 Å². The molecule has 3 rings (SSSR count). The fourth-order valence-electron chi connectivity index (χ4n) is 2.34. The van der Waals surface area contributed by atoms with E-state index in [2.05, 4.69) is 75.0 Å². The number of nitrogens with zero attached hydrogens (tertiary/aromatic N) is 3. The van der Waals surface area contributed by atoms with Crippen LogP contribution < -0.4 is 4.57 Å². The molecule has 0 bridgehead atoms. The Hall–Kier alpha value is -2.42. The third-order valence-electron chi connectivity index (χ3n) is 3.69. The first-order valence-electron chi connectivity index (χ1n) is 7.59. The Balaban J connectivity index is 2.19. The maximum atomic E-state index is 4.83. The minimum absolute atomic E-state index is 0.0561. The molecule has 0 N–H and O–H groups in total. The summed E-state index contributed by atoms with van der Waals surface area (Å²) in [4.78, 5) is 0. The summed E-state index contributed by atoms with van der Waals surface area (Å²) in [7, 11) is 0. The lowest BCUT2D eigenvalue weighted by Gasteiger charge is -2.10. The van der Waals surface area contributed by atoms with Gasteiger partial charge in [0.1, 0.15) is 11.2 Å². The van der Waals surface area contributed by atoms with Gasteiger partial charge in [-0.1, -0.05) is 35.9 Å². The van der Waals surface area contributed by atoms with Crippen LogP contribution in [0.4, 0.5) is 0 Å². The molecule has 1 aromatic heterocycles. The number of hydrogen-bond donors (Lipinski definition) is 0. The molecular formula is C19H22N3+. The molecule has 112 valence electrons. The monoisotopic (exact) mass is 292 g/mol. The number of benzene rings is 2. The highest BCUT2D eigenvalue weighted by molar-refractivity contribution is 5.51. The molecule has 0 aliphatic heterocycles. The van der Waals surface area contributed by atoms with Crippen LogP contribution in [-0.2, 0) is 5.54 Å². The number of aryl methyl sites for hydroxylation is 1. The summed E-state index contributed by atoms with van der Waals surface area (Å²) >= 11 is 0. The molecule has 2 aromatic carbocycles. The van der Waals surface area contributed by atoms with Crippen molar-refractivity contribution in [2.24, 2.45) is 0 Å². The Kier molecular flexibility index (Phi) is 3.57. The van der Waals surface area contributed by atoms with E-state index < -0.39 is 0 Å². The zero-order chi connectivity index (χ0) is 15.7. The van der Waals surface area contributed by atoms with Crippen molar-refractivity contribution in [1.29, 1.82) is 0 Å². The molecule has 0 atom stereocenters. The van der Waals surface area contributed by atoms with Crippen molar-refractivity contribution in [2.75, 3.05) is 0 Å². The molecule has 0 unspecified atom stereocenters. The van der Waals surface area contributed by atoms with Gasteiger partial charge in [0.25, 0.3) is 0 Å². The molecule has 0 spiro atoms. The lowest BCUT2D eigenvalue weighted by Crippen LogP contribution is -2.32. The second-order valence-corrected chi connectivity index (χ2v) is 6.63. The van der Waals surface area contributed by atoms with Gasteiger partial charge in [-0.2, -0.15) is 4.57 Å². The first-order valence-corrected chi connectivity index (χ1v) is 7.59. The zero-order valence-electron chi connectivity index (χ0n) is 13.6. The molecule has 0 fully saturated rings. The molecule has 0 aliphatic carbocycles. The van der Waals surface area contributed by atoms with Gasteiger partial charge < -0.3 is 0 Å². The van der Waals surface area contributed by atoms with Crippen LogP contribution in [0.2, 0.25) is 0 Å². The number of hydrogen-bond acceptors (Lipinski definition) is 1. The normalized spacial score (nSPS) is 11.6. The van der Waals surface area contributed by atoms with Gasteiger partial charge in [-0.05, 0) is 52.0 Å². The van der Waals surface area contributed by atoms with Crippen molar-refractivity contribution >= 4 is 0 Å². The summed E-state index contributed by atoms with van der Waals surface area (Å²) in [6.07, 6.45) is 2.08. The van der Waals surface area contributed by atoms with E-state index in [9.17, 15) is 0 Å². The van der Waals surface area contributed by atoms with E-state index in [4.69, 9.17) is 5.10 Å². The van der Waals surface area contributed by atoms with E-state index in [0.717, 1.165) is 17.1 Å². The van der Waals surface area contributed by atoms with Crippen molar-refractivity contribution in [3.8, 4) is 17.1 Å². The molecule has 0 aliphatic rings. The molecule has 0 radical (unpaired) electrons. The van der Waals surface area contributed by atoms with Crippen LogP contribution in [0.1, 0.15) is 26.3 Å². The summed E-state index contributed by atoms with van der Waals surface area (Å²) in [5.74, 6) is 0.958. The van der Waals surface area contributed by atoms with Gasteiger partial charge in [-0.25, -0.2) is 0 Å². The Morgan fingerprint density at radius 1 is 0.909 bits per heavy atom. The Labute approximate surface area is 131 Å². The van der Waals surface area contributed by atoms with Gasteiger partial charge in [0.05, 0.1) is 5.56 Å². The largest absolute Gasteiger partial charge is 0.313 e. The summed E-state index contributed by atoms with van der Waals surface area (Å²) in [5, 5.41) is 4.83. The van der Waals surface area contributed by atoms with Crippen molar-refractivity contribution in [3.63, 3.8) is 0 Å². The summed E-state index contributed by atoms with van der Waals surface area (Å²) in [5.41, 5.74) is 3.44. The summed E-state index contributed by atoms with van der Waals surface area (Å²) in [6.45, 7) is 8.59. The van der Waals surface area contributed by atoms with Crippen LogP contribution in [0, 0.1) is 6.92 Å². The van der Waals surface area contributed by atoms with Crippen LogP contribution in [-0.4, -0.2) is 9.78 Å². The second-order valence-electron chi connectivity index (χ2n) is 6.63. The van der Waals surface area contributed by atoms with Crippen LogP contribution in [0.3, 0.4) is 0 Å². The van der Waals surface area contributed by atoms with E-state index in [-0.39, 0.29) is 5.54 Å². The van der Waals surface area contributed by atoms with Gasteiger partial charge in [-0.15, -0.1) is 4.68 Å². The molecule has 3 nitrogen and oxygen atoms in total. The average Bonchev–Trinajstić information content (AvgIpc) is 2.94. The van der Waals surface area contributed by atoms with E-state index in [0.29, 0.717) is 0 Å². The van der Waals surface area contributed by atoms with Crippen LogP contribution in [0.5, 0.6) is 0 Å². The summed E-state index contributed by atoms with van der Waals surface area (Å²) in [6, 6.07) is 18.8. The highest BCUT2D eigenvalue weighted by Gasteiger charge is 2.27. The van der Waals surface area contributed by atoms with Crippen molar-refractivity contribution in [2.45, 2.75) is 33.2 Å². The fourth-order valence-corrected chi connectivity index (χ4v) is 2.34. The Morgan fingerprint density at radius 3 is 2.14 bits per heavy atom. The van der Waals surface area contributed by atoms with Crippen molar-refractivity contribution in [1.82, 2.24) is 9.78 Å². The number of rotatable bonds is 2. The van der Waals surface area contributed by atoms with Gasteiger partial charge in [0, 0.05) is 5.10 Å². The molecule has 3 aromatic rings. The SMILES string of the molecule is Cc1ccc(-[n+]2cn(C(C)(C)C)nc2-c2ccccc2)cc1. The van der Waals surface area contributed by atoms with Gasteiger partial charge >= 0.3 is 5.82 Å². The first-order chi connectivity index (χ1) is 10.4. The predicted octanol–water partition coefficient (Wildman–Crippen LogP) is 3.89. The third-order valence-corrected chi connectivity index (χ3v) is 3.69. The van der Waals surface area contributed by atoms with Crippen molar-refractivity contribution < 1.29 is 4.57 Å². The molecule has 3 heteroatoms. The van der Waals surface area contributed by atoms with Crippen LogP contribution in [0.25, 0.3) is 17.1 Å². The Morgan fingerprint density at radius 2 is 1.55 bits per heavy atom. The minimum atomic E-state index is -0.0561. The molecule has 22 heavy (non-hydrogen) atoms. The van der Waals surface area contributed by atoms with E-state index in [1.54, 1.807) is 0 Å². The molecule has 0 saturated carbocycles. The van der Waals surface area contributed by atoms with Gasteiger partial charge in [0.2, 0.25) is 6.33 Å².